The van der Waals surface area contributed by atoms with Gasteiger partial charge in [-0.1, -0.05) is 18.2 Å². The van der Waals surface area contributed by atoms with E-state index in [2.05, 4.69) is 17.6 Å². The molecule has 1 aromatic carbocycles. The minimum Gasteiger partial charge on any atom is -0.390 e. The van der Waals surface area contributed by atoms with Crippen molar-refractivity contribution >= 4 is 23.5 Å². The molecule has 16 heavy (non-hydrogen) atoms. The standard InChI is InChI=1S/C12H15NO2S/c14-10(5-7-16)12(15)9-3-1-2-8-4-6-13-11(8)9/h1-4,6,10,12-16H,5,7H2. The molecule has 0 amide bonds. The summed E-state index contributed by atoms with van der Waals surface area (Å²) in [6.07, 6.45) is 0.661. The van der Waals surface area contributed by atoms with Crippen molar-refractivity contribution in [3.8, 4) is 0 Å². The van der Waals surface area contributed by atoms with Gasteiger partial charge in [0.05, 0.1) is 11.6 Å². The van der Waals surface area contributed by atoms with Gasteiger partial charge in [0.25, 0.3) is 0 Å². The minimum absolute atomic E-state index is 0.474. The van der Waals surface area contributed by atoms with E-state index in [1.165, 1.54) is 0 Å². The molecular formula is C12H15NO2S. The number of thiol groups is 1. The number of nitrogens with one attached hydrogen (secondary N) is 1. The van der Waals surface area contributed by atoms with E-state index in [0.29, 0.717) is 12.2 Å². The van der Waals surface area contributed by atoms with Crippen molar-refractivity contribution in [2.75, 3.05) is 5.75 Å². The largest absolute Gasteiger partial charge is 0.390 e. The van der Waals surface area contributed by atoms with Crippen molar-refractivity contribution in [1.82, 2.24) is 4.98 Å². The van der Waals surface area contributed by atoms with Crippen LogP contribution in [0.2, 0.25) is 0 Å². The van der Waals surface area contributed by atoms with Gasteiger partial charge in [0.1, 0.15) is 6.10 Å². The Kier molecular flexibility index (Phi) is 3.53. The van der Waals surface area contributed by atoms with Crippen LogP contribution in [0.15, 0.2) is 30.5 Å². The van der Waals surface area contributed by atoms with Gasteiger partial charge in [-0.15, -0.1) is 0 Å². The van der Waals surface area contributed by atoms with E-state index in [-0.39, 0.29) is 0 Å². The van der Waals surface area contributed by atoms with Crippen LogP contribution in [0.1, 0.15) is 18.1 Å². The van der Waals surface area contributed by atoms with Crippen molar-refractivity contribution in [3.05, 3.63) is 36.0 Å². The number of rotatable bonds is 4. The van der Waals surface area contributed by atoms with Crippen LogP contribution in [0, 0.1) is 0 Å². The van der Waals surface area contributed by atoms with Crippen LogP contribution in [0.5, 0.6) is 0 Å². The molecular weight excluding hydrogens is 222 g/mol. The summed E-state index contributed by atoms with van der Waals surface area (Å²) < 4.78 is 0. The fraction of sp³-hybridized carbons (Fsp3) is 0.333. The summed E-state index contributed by atoms with van der Waals surface area (Å²) >= 11 is 4.05. The van der Waals surface area contributed by atoms with Crippen molar-refractivity contribution < 1.29 is 10.2 Å². The summed E-state index contributed by atoms with van der Waals surface area (Å²) in [5.74, 6) is 0.554. The molecule has 0 fully saturated rings. The summed E-state index contributed by atoms with van der Waals surface area (Å²) in [6.45, 7) is 0. The van der Waals surface area contributed by atoms with Crippen LogP contribution in [0.25, 0.3) is 10.9 Å². The van der Waals surface area contributed by atoms with E-state index in [4.69, 9.17) is 0 Å². The molecule has 0 saturated heterocycles. The van der Waals surface area contributed by atoms with Crippen LogP contribution < -0.4 is 0 Å². The first kappa shape index (κ1) is 11.5. The Labute approximate surface area is 99.5 Å². The predicted molar refractivity (Wildman–Crippen MR) is 67.7 cm³/mol. The van der Waals surface area contributed by atoms with Gasteiger partial charge in [-0.3, -0.25) is 0 Å². The lowest BCUT2D eigenvalue weighted by Gasteiger charge is -2.18. The molecule has 0 aliphatic carbocycles. The molecule has 0 spiro atoms. The molecule has 1 heterocycles. The highest BCUT2D eigenvalue weighted by molar-refractivity contribution is 7.80. The summed E-state index contributed by atoms with van der Waals surface area (Å²) in [4.78, 5) is 3.08. The van der Waals surface area contributed by atoms with Gasteiger partial charge in [-0.25, -0.2) is 0 Å². The normalized spacial score (nSPS) is 15.2. The van der Waals surface area contributed by atoms with E-state index in [1.54, 1.807) is 0 Å². The molecule has 0 radical (unpaired) electrons. The van der Waals surface area contributed by atoms with Gasteiger partial charge in [-0.05, 0) is 23.6 Å². The quantitative estimate of drug-likeness (QED) is 0.614. The fourth-order valence-electron chi connectivity index (χ4n) is 1.85. The topological polar surface area (TPSA) is 56.2 Å². The molecule has 0 aliphatic rings. The Balaban J connectivity index is 2.35. The van der Waals surface area contributed by atoms with Gasteiger partial charge in [0.15, 0.2) is 0 Å². The fourth-order valence-corrected chi connectivity index (χ4v) is 2.12. The number of aromatic amines is 1. The highest BCUT2D eigenvalue weighted by Gasteiger charge is 2.19. The van der Waals surface area contributed by atoms with Crippen molar-refractivity contribution in [1.29, 1.82) is 0 Å². The lowest BCUT2D eigenvalue weighted by atomic mass is 10.0. The zero-order valence-corrected chi connectivity index (χ0v) is 9.69. The maximum Gasteiger partial charge on any atom is 0.107 e. The molecule has 0 aliphatic heterocycles. The molecule has 2 rings (SSSR count). The van der Waals surface area contributed by atoms with Crippen molar-refractivity contribution in [3.63, 3.8) is 0 Å². The molecule has 4 heteroatoms. The first-order valence-electron chi connectivity index (χ1n) is 5.27. The second kappa shape index (κ2) is 4.91. The van der Waals surface area contributed by atoms with Gasteiger partial charge in [-0.2, -0.15) is 12.6 Å². The third-order valence-corrected chi connectivity index (χ3v) is 2.99. The minimum atomic E-state index is -0.866. The van der Waals surface area contributed by atoms with E-state index in [9.17, 15) is 10.2 Å². The average molecular weight is 237 g/mol. The Morgan fingerprint density at radius 2 is 2.06 bits per heavy atom. The summed E-state index contributed by atoms with van der Waals surface area (Å²) in [5, 5.41) is 20.8. The third kappa shape index (κ3) is 2.09. The number of hydrogen-bond donors (Lipinski definition) is 4. The second-order valence-electron chi connectivity index (χ2n) is 3.81. The van der Waals surface area contributed by atoms with Crippen LogP contribution in [0.3, 0.4) is 0 Å². The maximum atomic E-state index is 10.0. The van der Waals surface area contributed by atoms with E-state index in [1.807, 2.05) is 30.5 Å². The van der Waals surface area contributed by atoms with Gasteiger partial charge >= 0.3 is 0 Å². The number of hydrogen-bond acceptors (Lipinski definition) is 3. The number of fused-ring (bicyclic) bond motifs is 1. The highest BCUT2D eigenvalue weighted by Crippen LogP contribution is 2.26. The molecule has 2 unspecified atom stereocenters. The van der Waals surface area contributed by atoms with E-state index >= 15 is 0 Å². The van der Waals surface area contributed by atoms with Gasteiger partial charge in [0, 0.05) is 11.8 Å². The summed E-state index contributed by atoms with van der Waals surface area (Å²) in [6, 6.07) is 7.61. The smallest absolute Gasteiger partial charge is 0.107 e. The Hall–Kier alpha value is -0.970. The van der Waals surface area contributed by atoms with Crippen LogP contribution in [-0.2, 0) is 0 Å². The van der Waals surface area contributed by atoms with Crippen LogP contribution >= 0.6 is 12.6 Å². The number of benzene rings is 1. The lowest BCUT2D eigenvalue weighted by Crippen LogP contribution is -2.18. The molecule has 3 nitrogen and oxygen atoms in total. The number of para-hydroxylation sites is 1. The molecule has 0 saturated carbocycles. The molecule has 0 bridgehead atoms. The van der Waals surface area contributed by atoms with Gasteiger partial charge in [0.2, 0.25) is 0 Å². The first-order valence-corrected chi connectivity index (χ1v) is 5.90. The number of aromatic nitrogens is 1. The second-order valence-corrected chi connectivity index (χ2v) is 4.26. The monoisotopic (exact) mass is 237 g/mol. The van der Waals surface area contributed by atoms with Gasteiger partial charge < -0.3 is 15.2 Å². The predicted octanol–water partition coefficient (Wildman–Crippen LogP) is 1.88. The van der Waals surface area contributed by atoms with Crippen molar-refractivity contribution in [2.24, 2.45) is 0 Å². The van der Waals surface area contributed by atoms with Crippen molar-refractivity contribution in [2.45, 2.75) is 18.6 Å². The van der Waals surface area contributed by atoms with Crippen LogP contribution in [-0.4, -0.2) is 27.1 Å². The zero-order chi connectivity index (χ0) is 11.5. The molecule has 86 valence electrons. The molecule has 2 atom stereocenters. The first-order chi connectivity index (χ1) is 7.74. The average Bonchev–Trinajstić information content (AvgIpc) is 2.76. The number of aliphatic hydroxyl groups is 2. The van der Waals surface area contributed by atoms with E-state index < -0.39 is 12.2 Å². The Morgan fingerprint density at radius 1 is 1.25 bits per heavy atom. The third-order valence-electron chi connectivity index (χ3n) is 2.73. The Morgan fingerprint density at radius 3 is 2.81 bits per heavy atom. The molecule has 1 aromatic heterocycles. The molecule has 3 N–H and O–H groups in total. The number of H-pyrrole nitrogens is 1. The SMILES string of the molecule is OC(CCS)C(O)c1cccc2cc[nH]c12. The lowest BCUT2D eigenvalue weighted by molar-refractivity contribution is 0.0180. The number of aliphatic hydroxyl groups excluding tert-OH is 2. The summed E-state index contributed by atoms with van der Waals surface area (Å²) in [5.41, 5.74) is 1.62. The highest BCUT2D eigenvalue weighted by atomic mass is 32.1. The molecule has 2 aromatic rings. The van der Waals surface area contributed by atoms with E-state index in [0.717, 1.165) is 16.5 Å². The zero-order valence-electron chi connectivity index (χ0n) is 8.80. The maximum absolute atomic E-state index is 10.0. The summed E-state index contributed by atoms with van der Waals surface area (Å²) in [7, 11) is 0. The van der Waals surface area contributed by atoms with Crippen LogP contribution in [0.4, 0.5) is 0 Å². The Bertz CT molecular complexity index is 469.